The van der Waals surface area contributed by atoms with E-state index in [1.54, 1.807) is 0 Å². The van der Waals surface area contributed by atoms with Gasteiger partial charge in [0, 0.05) is 25.2 Å². The lowest BCUT2D eigenvalue weighted by Crippen LogP contribution is -2.40. The molecule has 0 amide bonds. The molecule has 1 heterocycles. The zero-order chi connectivity index (χ0) is 14.4. The van der Waals surface area contributed by atoms with Gasteiger partial charge in [0.15, 0.2) is 0 Å². The molecule has 0 bridgehead atoms. The Balaban J connectivity index is 2.04. The third-order valence-electron chi connectivity index (χ3n) is 4.07. The Morgan fingerprint density at radius 2 is 2.20 bits per heavy atom. The Kier molecular flexibility index (Phi) is 5.54. The third-order valence-corrected chi connectivity index (χ3v) is 4.07. The van der Waals surface area contributed by atoms with Crippen molar-refractivity contribution in [2.45, 2.75) is 31.8 Å². The minimum Gasteiger partial charge on any atom is -0.395 e. The van der Waals surface area contributed by atoms with Crippen LogP contribution in [0, 0.1) is 11.3 Å². The standard InChI is InChI=1S/C16H23N3O/c1-13(15-6-4-14(11-17)5-7-15)19(9-10-20)12-16-3-2-8-18-16/h4-7,13,16,18,20H,2-3,8-10,12H2,1H3. The molecule has 2 rings (SSSR count). The van der Waals surface area contributed by atoms with Crippen LogP contribution in [0.3, 0.4) is 0 Å². The van der Waals surface area contributed by atoms with E-state index in [4.69, 9.17) is 5.26 Å². The van der Waals surface area contributed by atoms with E-state index >= 15 is 0 Å². The van der Waals surface area contributed by atoms with Crippen LogP contribution < -0.4 is 5.32 Å². The molecule has 0 spiro atoms. The average molecular weight is 273 g/mol. The van der Waals surface area contributed by atoms with Crippen LogP contribution >= 0.6 is 0 Å². The lowest BCUT2D eigenvalue weighted by molar-refractivity contribution is 0.147. The topological polar surface area (TPSA) is 59.3 Å². The fraction of sp³-hybridized carbons (Fsp3) is 0.562. The second-order valence-corrected chi connectivity index (χ2v) is 5.42. The predicted octanol–water partition coefficient (Wildman–Crippen LogP) is 1.67. The van der Waals surface area contributed by atoms with Gasteiger partial charge in [-0.25, -0.2) is 0 Å². The smallest absolute Gasteiger partial charge is 0.0991 e. The first kappa shape index (κ1) is 15.0. The number of benzene rings is 1. The minimum absolute atomic E-state index is 0.174. The monoisotopic (exact) mass is 273 g/mol. The molecule has 2 atom stereocenters. The fourth-order valence-electron chi connectivity index (χ4n) is 2.81. The van der Waals surface area contributed by atoms with Crippen LogP contribution in [-0.4, -0.2) is 42.3 Å². The maximum atomic E-state index is 9.28. The summed E-state index contributed by atoms with van der Waals surface area (Å²) in [6, 6.07) is 10.7. The largest absolute Gasteiger partial charge is 0.395 e. The van der Waals surface area contributed by atoms with Crippen LogP contribution in [0.25, 0.3) is 0 Å². The van der Waals surface area contributed by atoms with Crippen LogP contribution in [0.15, 0.2) is 24.3 Å². The van der Waals surface area contributed by atoms with Gasteiger partial charge in [0.1, 0.15) is 0 Å². The summed E-state index contributed by atoms with van der Waals surface area (Å²) in [5.74, 6) is 0. The van der Waals surface area contributed by atoms with Gasteiger partial charge in [-0.15, -0.1) is 0 Å². The van der Waals surface area contributed by atoms with Crippen LogP contribution in [0.5, 0.6) is 0 Å². The summed E-state index contributed by atoms with van der Waals surface area (Å²) in [7, 11) is 0. The molecule has 1 aromatic carbocycles. The van der Waals surface area contributed by atoms with E-state index in [0.29, 0.717) is 18.2 Å². The number of rotatable bonds is 6. The van der Waals surface area contributed by atoms with Gasteiger partial charge in [-0.3, -0.25) is 4.90 Å². The molecule has 1 aromatic rings. The van der Waals surface area contributed by atoms with Crippen molar-refractivity contribution in [3.8, 4) is 6.07 Å². The lowest BCUT2D eigenvalue weighted by atomic mass is 10.0. The third kappa shape index (κ3) is 3.80. The molecule has 20 heavy (non-hydrogen) atoms. The second-order valence-electron chi connectivity index (χ2n) is 5.42. The SMILES string of the molecule is CC(c1ccc(C#N)cc1)N(CCO)CC1CCCN1. The molecule has 0 radical (unpaired) electrons. The van der Waals surface area contributed by atoms with Crippen molar-refractivity contribution in [2.75, 3.05) is 26.2 Å². The molecule has 0 saturated carbocycles. The van der Waals surface area contributed by atoms with Crippen molar-refractivity contribution >= 4 is 0 Å². The number of nitrogens with one attached hydrogen (secondary N) is 1. The van der Waals surface area contributed by atoms with Crippen LogP contribution in [-0.2, 0) is 0 Å². The quantitative estimate of drug-likeness (QED) is 0.827. The maximum Gasteiger partial charge on any atom is 0.0991 e. The van der Waals surface area contributed by atoms with Crippen LogP contribution in [0.1, 0.15) is 36.9 Å². The van der Waals surface area contributed by atoms with E-state index in [-0.39, 0.29) is 12.6 Å². The van der Waals surface area contributed by atoms with Gasteiger partial charge < -0.3 is 10.4 Å². The highest BCUT2D eigenvalue weighted by Crippen LogP contribution is 2.21. The summed E-state index contributed by atoms with van der Waals surface area (Å²) < 4.78 is 0. The Morgan fingerprint density at radius 3 is 2.75 bits per heavy atom. The van der Waals surface area contributed by atoms with E-state index < -0.39 is 0 Å². The van der Waals surface area contributed by atoms with Crippen molar-refractivity contribution < 1.29 is 5.11 Å². The Bertz CT molecular complexity index is 446. The first-order valence-electron chi connectivity index (χ1n) is 7.33. The summed E-state index contributed by atoms with van der Waals surface area (Å²) >= 11 is 0. The van der Waals surface area contributed by atoms with Crippen molar-refractivity contribution in [2.24, 2.45) is 0 Å². The van der Waals surface area contributed by atoms with Gasteiger partial charge in [0.25, 0.3) is 0 Å². The number of aliphatic hydroxyl groups excluding tert-OH is 1. The molecule has 2 unspecified atom stereocenters. The summed E-state index contributed by atoms with van der Waals surface area (Å²) in [5.41, 5.74) is 1.88. The molecule has 0 aromatic heterocycles. The highest BCUT2D eigenvalue weighted by molar-refractivity contribution is 5.32. The molecule has 4 heteroatoms. The summed E-state index contributed by atoms with van der Waals surface area (Å²) in [6.07, 6.45) is 2.45. The average Bonchev–Trinajstić information content (AvgIpc) is 2.99. The van der Waals surface area contributed by atoms with Crippen LogP contribution in [0.2, 0.25) is 0 Å². The predicted molar refractivity (Wildman–Crippen MR) is 79.3 cm³/mol. The Morgan fingerprint density at radius 1 is 1.45 bits per heavy atom. The molecule has 1 fully saturated rings. The summed E-state index contributed by atoms with van der Waals surface area (Å²) in [5, 5.41) is 21.6. The van der Waals surface area contributed by atoms with E-state index in [0.717, 1.165) is 13.1 Å². The number of nitrogens with zero attached hydrogens (tertiary/aromatic N) is 2. The molecule has 1 saturated heterocycles. The molecular formula is C16H23N3O. The van der Waals surface area contributed by atoms with Crippen LogP contribution in [0.4, 0.5) is 0 Å². The minimum atomic E-state index is 0.174. The van der Waals surface area contributed by atoms with E-state index in [1.807, 2.05) is 24.3 Å². The number of aliphatic hydroxyl groups is 1. The molecule has 108 valence electrons. The first-order chi connectivity index (χ1) is 9.74. The van der Waals surface area contributed by atoms with Crippen molar-refractivity contribution in [1.82, 2.24) is 10.2 Å². The van der Waals surface area contributed by atoms with Gasteiger partial charge >= 0.3 is 0 Å². The molecule has 0 aliphatic carbocycles. The Labute approximate surface area is 121 Å². The van der Waals surface area contributed by atoms with E-state index in [1.165, 1.54) is 18.4 Å². The second kappa shape index (κ2) is 7.39. The highest BCUT2D eigenvalue weighted by atomic mass is 16.3. The number of hydrogen-bond donors (Lipinski definition) is 2. The Hall–Kier alpha value is -1.41. The molecule has 4 nitrogen and oxygen atoms in total. The van der Waals surface area contributed by atoms with Gasteiger partial charge in [-0.1, -0.05) is 12.1 Å². The molecule has 2 N–H and O–H groups in total. The molecule has 1 aliphatic heterocycles. The number of nitriles is 1. The zero-order valence-corrected chi connectivity index (χ0v) is 12.0. The van der Waals surface area contributed by atoms with Gasteiger partial charge in [-0.2, -0.15) is 5.26 Å². The van der Waals surface area contributed by atoms with Crippen molar-refractivity contribution in [3.05, 3.63) is 35.4 Å². The van der Waals surface area contributed by atoms with Gasteiger partial charge in [-0.05, 0) is 44.0 Å². The van der Waals surface area contributed by atoms with E-state index in [9.17, 15) is 5.11 Å². The van der Waals surface area contributed by atoms with Crippen molar-refractivity contribution in [1.29, 1.82) is 5.26 Å². The molecule has 1 aliphatic rings. The first-order valence-corrected chi connectivity index (χ1v) is 7.33. The number of hydrogen-bond acceptors (Lipinski definition) is 4. The lowest BCUT2D eigenvalue weighted by Gasteiger charge is -2.31. The molecular weight excluding hydrogens is 250 g/mol. The maximum absolute atomic E-state index is 9.28. The fourth-order valence-corrected chi connectivity index (χ4v) is 2.81. The highest BCUT2D eigenvalue weighted by Gasteiger charge is 2.21. The van der Waals surface area contributed by atoms with Gasteiger partial charge in [0.05, 0.1) is 18.2 Å². The normalized spacial score (nSPS) is 20.0. The zero-order valence-electron chi connectivity index (χ0n) is 12.0. The van der Waals surface area contributed by atoms with Gasteiger partial charge in [0.2, 0.25) is 0 Å². The van der Waals surface area contributed by atoms with E-state index in [2.05, 4.69) is 23.2 Å². The summed E-state index contributed by atoms with van der Waals surface area (Å²) in [4.78, 5) is 2.31. The van der Waals surface area contributed by atoms with Crippen molar-refractivity contribution in [3.63, 3.8) is 0 Å². The summed E-state index contributed by atoms with van der Waals surface area (Å²) in [6.45, 7) is 5.07.